The van der Waals surface area contributed by atoms with E-state index in [1.165, 1.54) is 0 Å². The molecule has 2 aromatic rings. The van der Waals surface area contributed by atoms with E-state index >= 15 is 0 Å². The van der Waals surface area contributed by atoms with Crippen LogP contribution in [0.25, 0.3) is 10.8 Å². The molecule has 0 radical (unpaired) electrons. The smallest absolute Gasteiger partial charge is 0.142 e. The number of hydrogen-bond donors (Lipinski definition) is 1. The Morgan fingerprint density at radius 3 is 2.92 bits per heavy atom. The molecule has 0 aliphatic heterocycles. The molecule has 0 saturated heterocycles. The van der Waals surface area contributed by atoms with Crippen molar-refractivity contribution >= 4 is 16.5 Å². The van der Waals surface area contributed by atoms with E-state index in [-0.39, 0.29) is 0 Å². The van der Waals surface area contributed by atoms with Crippen molar-refractivity contribution in [3.8, 4) is 5.75 Å². The van der Waals surface area contributed by atoms with Crippen LogP contribution in [0.5, 0.6) is 5.75 Å². The molecular weight excluding hydrogens is 164 g/mol. The van der Waals surface area contributed by atoms with Gasteiger partial charge in [0.2, 0.25) is 0 Å². The summed E-state index contributed by atoms with van der Waals surface area (Å²) in [5.74, 6) is 0.695. The maximum absolute atomic E-state index is 5.86. The summed E-state index contributed by atoms with van der Waals surface area (Å²) in [5, 5.41) is 2.01. The molecule has 0 unspecified atom stereocenters. The van der Waals surface area contributed by atoms with Crippen LogP contribution in [0.4, 0.5) is 5.69 Å². The highest BCUT2D eigenvalue weighted by molar-refractivity contribution is 5.95. The predicted octanol–water partition coefficient (Wildman–Crippen LogP) is 1.83. The number of benzene rings is 1. The van der Waals surface area contributed by atoms with Gasteiger partial charge in [-0.25, -0.2) is 0 Å². The van der Waals surface area contributed by atoms with Gasteiger partial charge in [0.05, 0.1) is 12.8 Å². The van der Waals surface area contributed by atoms with E-state index in [4.69, 9.17) is 10.5 Å². The van der Waals surface area contributed by atoms with Crippen molar-refractivity contribution in [1.29, 1.82) is 0 Å². The summed E-state index contributed by atoms with van der Waals surface area (Å²) in [4.78, 5) is 4.01. The topological polar surface area (TPSA) is 48.1 Å². The number of anilines is 1. The molecule has 13 heavy (non-hydrogen) atoms. The molecule has 1 aromatic heterocycles. The Bertz CT molecular complexity index is 440. The standard InChI is InChI=1S/C10H10N2O/c1-13-9-3-2-7-4-5-12-6-8(7)10(9)11/h2-6H,11H2,1H3. The van der Waals surface area contributed by atoms with Crippen molar-refractivity contribution in [2.24, 2.45) is 0 Å². The van der Waals surface area contributed by atoms with Gasteiger partial charge in [0, 0.05) is 17.8 Å². The summed E-state index contributed by atoms with van der Waals surface area (Å²) in [6.45, 7) is 0. The molecule has 0 amide bonds. The van der Waals surface area contributed by atoms with Gasteiger partial charge in [-0.1, -0.05) is 6.07 Å². The lowest BCUT2D eigenvalue weighted by Crippen LogP contribution is -1.93. The van der Waals surface area contributed by atoms with Gasteiger partial charge in [-0.2, -0.15) is 0 Å². The molecule has 2 rings (SSSR count). The van der Waals surface area contributed by atoms with Crippen molar-refractivity contribution < 1.29 is 4.74 Å². The number of rotatable bonds is 1. The van der Waals surface area contributed by atoms with E-state index in [0.717, 1.165) is 10.8 Å². The van der Waals surface area contributed by atoms with Gasteiger partial charge < -0.3 is 10.5 Å². The maximum atomic E-state index is 5.86. The van der Waals surface area contributed by atoms with E-state index in [0.29, 0.717) is 11.4 Å². The lowest BCUT2D eigenvalue weighted by atomic mass is 10.1. The Morgan fingerprint density at radius 2 is 2.15 bits per heavy atom. The molecule has 0 atom stereocenters. The van der Waals surface area contributed by atoms with Crippen LogP contribution < -0.4 is 10.5 Å². The fourth-order valence-electron chi connectivity index (χ4n) is 1.34. The van der Waals surface area contributed by atoms with E-state index in [9.17, 15) is 0 Å². The Balaban J connectivity index is 2.79. The van der Waals surface area contributed by atoms with Crippen molar-refractivity contribution in [3.05, 3.63) is 30.6 Å². The average molecular weight is 174 g/mol. The molecule has 1 aromatic carbocycles. The average Bonchev–Trinajstić information content (AvgIpc) is 2.19. The summed E-state index contributed by atoms with van der Waals surface area (Å²) < 4.78 is 5.10. The molecule has 1 heterocycles. The first-order valence-electron chi connectivity index (χ1n) is 3.99. The second kappa shape index (κ2) is 2.94. The summed E-state index contributed by atoms with van der Waals surface area (Å²) in [6.07, 6.45) is 3.49. The Morgan fingerprint density at radius 1 is 1.31 bits per heavy atom. The fourth-order valence-corrected chi connectivity index (χ4v) is 1.34. The second-order valence-corrected chi connectivity index (χ2v) is 2.78. The molecule has 0 spiro atoms. The molecule has 66 valence electrons. The van der Waals surface area contributed by atoms with Crippen LogP contribution in [0.15, 0.2) is 30.6 Å². The number of methoxy groups -OCH3 is 1. The largest absolute Gasteiger partial charge is 0.495 e. The third-order valence-electron chi connectivity index (χ3n) is 2.04. The molecule has 3 heteroatoms. The van der Waals surface area contributed by atoms with Gasteiger partial charge in [0.1, 0.15) is 5.75 Å². The van der Waals surface area contributed by atoms with Gasteiger partial charge in [-0.15, -0.1) is 0 Å². The van der Waals surface area contributed by atoms with Gasteiger partial charge in [0.25, 0.3) is 0 Å². The number of nitrogens with two attached hydrogens (primary N) is 1. The number of nitrogen functional groups attached to an aromatic ring is 1. The zero-order chi connectivity index (χ0) is 9.26. The fraction of sp³-hybridized carbons (Fsp3) is 0.100. The summed E-state index contributed by atoms with van der Waals surface area (Å²) in [7, 11) is 1.61. The number of hydrogen-bond acceptors (Lipinski definition) is 3. The molecule has 3 nitrogen and oxygen atoms in total. The van der Waals surface area contributed by atoms with Gasteiger partial charge >= 0.3 is 0 Å². The number of ether oxygens (including phenoxy) is 1. The minimum absolute atomic E-state index is 0.646. The molecule has 0 aliphatic rings. The molecule has 0 saturated carbocycles. The van der Waals surface area contributed by atoms with Crippen LogP contribution in [-0.4, -0.2) is 12.1 Å². The number of fused-ring (bicyclic) bond motifs is 1. The van der Waals surface area contributed by atoms with E-state index < -0.39 is 0 Å². The van der Waals surface area contributed by atoms with Crippen molar-refractivity contribution in [2.45, 2.75) is 0 Å². The van der Waals surface area contributed by atoms with Gasteiger partial charge in [0.15, 0.2) is 0 Å². The monoisotopic (exact) mass is 174 g/mol. The minimum atomic E-state index is 0.646. The van der Waals surface area contributed by atoms with Gasteiger partial charge in [-0.3, -0.25) is 4.98 Å². The van der Waals surface area contributed by atoms with Gasteiger partial charge in [-0.05, 0) is 17.5 Å². The summed E-state index contributed by atoms with van der Waals surface area (Å²) >= 11 is 0. The highest BCUT2D eigenvalue weighted by atomic mass is 16.5. The number of nitrogens with zero attached hydrogens (tertiary/aromatic N) is 1. The molecule has 2 N–H and O–H groups in total. The first-order chi connectivity index (χ1) is 6.33. The maximum Gasteiger partial charge on any atom is 0.142 e. The number of aromatic nitrogens is 1. The van der Waals surface area contributed by atoms with Crippen LogP contribution in [0, 0.1) is 0 Å². The predicted molar refractivity (Wildman–Crippen MR) is 52.7 cm³/mol. The number of pyridine rings is 1. The van der Waals surface area contributed by atoms with Crippen LogP contribution in [-0.2, 0) is 0 Å². The van der Waals surface area contributed by atoms with E-state index in [2.05, 4.69) is 4.98 Å². The summed E-state index contributed by atoms with van der Waals surface area (Å²) in [6, 6.07) is 5.75. The van der Waals surface area contributed by atoms with E-state index in [1.54, 1.807) is 19.5 Å². The van der Waals surface area contributed by atoms with Crippen LogP contribution in [0.1, 0.15) is 0 Å². The minimum Gasteiger partial charge on any atom is -0.495 e. The van der Waals surface area contributed by atoms with E-state index in [1.807, 2.05) is 18.2 Å². The Labute approximate surface area is 76.2 Å². The summed E-state index contributed by atoms with van der Waals surface area (Å²) in [5.41, 5.74) is 6.51. The normalized spacial score (nSPS) is 10.2. The third kappa shape index (κ3) is 1.18. The zero-order valence-corrected chi connectivity index (χ0v) is 7.32. The quantitative estimate of drug-likeness (QED) is 0.671. The zero-order valence-electron chi connectivity index (χ0n) is 7.32. The highest BCUT2D eigenvalue weighted by Gasteiger charge is 2.03. The van der Waals surface area contributed by atoms with Crippen LogP contribution in [0.3, 0.4) is 0 Å². The highest BCUT2D eigenvalue weighted by Crippen LogP contribution is 2.29. The third-order valence-corrected chi connectivity index (χ3v) is 2.04. The first-order valence-corrected chi connectivity index (χ1v) is 3.99. The molecular formula is C10H10N2O. The molecule has 0 bridgehead atoms. The Hall–Kier alpha value is -1.77. The van der Waals surface area contributed by atoms with Crippen LogP contribution >= 0.6 is 0 Å². The SMILES string of the molecule is COc1ccc2ccncc2c1N. The lowest BCUT2D eigenvalue weighted by molar-refractivity contribution is 0.417. The second-order valence-electron chi connectivity index (χ2n) is 2.78. The van der Waals surface area contributed by atoms with Crippen molar-refractivity contribution in [2.75, 3.05) is 12.8 Å². The lowest BCUT2D eigenvalue weighted by Gasteiger charge is -2.06. The van der Waals surface area contributed by atoms with Crippen molar-refractivity contribution in [1.82, 2.24) is 4.98 Å². The van der Waals surface area contributed by atoms with Crippen molar-refractivity contribution in [3.63, 3.8) is 0 Å². The van der Waals surface area contributed by atoms with Crippen LogP contribution in [0.2, 0.25) is 0 Å². The first kappa shape index (κ1) is 7.86. The Kier molecular flexibility index (Phi) is 1.77. The molecule has 0 aliphatic carbocycles. The molecule has 0 fully saturated rings.